The van der Waals surface area contributed by atoms with E-state index in [9.17, 15) is 5.11 Å². The van der Waals surface area contributed by atoms with Crippen LogP contribution in [0.5, 0.6) is 11.5 Å². The second kappa shape index (κ2) is 6.83. The quantitative estimate of drug-likeness (QED) is 0.891. The number of aliphatic hydroxyl groups excluding tert-OH is 1. The van der Waals surface area contributed by atoms with Gasteiger partial charge in [0.25, 0.3) is 0 Å². The molecule has 114 valence electrons. The Bertz CT molecular complexity index is 626. The molecule has 5 nitrogen and oxygen atoms in total. The zero-order chi connectivity index (χ0) is 15.4. The number of aryl methyl sites for hydroxylation is 2. The third-order valence-electron chi connectivity index (χ3n) is 3.31. The molecule has 0 atom stereocenters. The normalized spacial score (nSPS) is 10.7. The maximum absolute atomic E-state index is 9.41. The third-order valence-corrected chi connectivity index (χ3v) is 3.74. The molecule has 0 aliphatic heterocycles. The van der Waals surface area contributed by atoms with Crippen LogP contribution in [0.1, 0.15) is 23.9 Å². The Morgan fingerprint density at radius 1 is 1.38 bits per heavy atom. The van der Waals surface area contributed by atoms with Crippen molar-refractivity contribution >= 4 is 11.6 Å². The first kappa shape index (κ1) is 15.7. The fourth-order valence-corrected chi connectivity index (χ4v) is 2.42. The summed E-state index contributed by atoms with van der Waals surface area (Å²) in [5.74, 6) is 1.28. The van der Waals surface area contributed by atoms with Gasteiger partial charge in [-0.2, -0.15) is 5.10 Å². The molecule has 0 aliphatic rings. The van der Waals surface area contributed by atoms with Gasteiger partial charge in [0.05, 0.1) is 30.1 Å². The molecular formula is C15H19ClN2O3. The second-order valence-electron chi connectivity index (χ2n) is 4.60. The summed E-state index contributed by atoms with van der Waals surface area (Å²) < 4.78 is 12.6. The summed E-state index contributed by atoms with van der Waals surface area (Å²) in [6, 6.07) is 5.31. The van der Waals surface area contributed by atoms with E-state index in [1.807, 2.05) is 14.0 Å². The number of aliphatic hydroxyl groups is 1. The summed E-state index contributed by atoms with van der Waals surface area (Å²) >= 11 is 6.28. The maximum atomic E-state index is 9.41. The Morgan fingerprint density at radius 3 is 2.71 bits per heavy atom. The Kier molecular flexibility index (Phi) is 5.09. The maximum Gasteiger partial charge on any atom is 0.131 e. The third kappa shape index (κ3) is 3.31. The summed E-state index contributed by atoms with van der Waals surface area (Å²) in [4.78, 5) is 0. The van der Waals surface area contributed by atoms with Crippen LogP contribution in [-0.2, 0) is 26.7 Å². The number of nitrogens with zero attached hydrogens (tertiary/aromatic N) is 2. The van der Waals surface area contributed by atoms with Crippen LogP contribution in [0.25, 0.3) is 0 Å². The number of halogens is 1. The molecule has 0 spiro atoms. The number of ether oxygens (including phenoxy) is 2. The summed E-state index contributed by atoms with van der Waals surface area (Å²) in [6.45, 7) is 2.18. The highest BCUT2D eigenvalue weighted by molar-refractivity contribution is 6.31. The van der Waals surface area contributed by atoms with Crippen LogP contribution >= 0.6 is 11.6 Å². The van der Waals surface area contributed by atoms with Crippen molar-refractivity contribution in [2.75, 3.05) is 7.11 Å². The highest BCUT2D eigenvalue weighted by Crippen LogP contribution is 2.27. The van der Waals surface area contributed by atoms with Crippen molar-refractivity contribution < 1.29 is 14.6 Å². The Labute approximate surface area is 129 Å². The Hall–Kier alpha value is -1.72. The van der Waals surface area contributed by atoms with Gasteiger partial charge in [0, 0.05) is 12.6 Å². The molecule has 1 aromatic carbocycles. The summed E-state index contributed by atoms with van der Waals surface area (Å²) in [7, 11) is 3.42. The Morgan fingerprint density at radius 2 is 2.14 bits per heavy atom. The number of rotatable bonds is 6. The number of aromatic nitrogens is 2. The number of hydrogen-bond donors (Lipinski definition) is 1. The average molecular weight is 311 g/mol. The predicted octanol–water partition coefficient (Wildman–Crippen LogP) is 2.72. The highest BCUT2D eigenvalue weighted by atomic mass is 35.5. The number of benzene rings is 1. The molecule has 0 aliphatic carbocycles. The minimum absolute atomic E-state index is 0.119. The van der Waals surface area contributed by atoms with Crippen molar-refractivity contribution in [3.05, 3.63) is 40.2 Å². The van der Waals surface area contributed by atoms with Crippen LogP contribution < -0.4 is 9.47 Å². The predicted molar refractivity (Wildman–Crippen MR) is 80.8 cm³/mol. The van der Waals surface area contributed by atoms with Crippen molar-refractivity contribution in [1.82, 2.24) is 9.78 Å². The summed E-state index contributed by atoms with van der Waals surface area (Å²) in [6.07, 6.45) is 0.775. The zero-order valence-electron chi connectivity index (χ0n) is 12.4. The van der Waals surface area contributed by atoms with Crippen molar-refractivity contribution in [1.29, 1.82) is 0 Å². The molecule has 0 saturated heterocycles. The molecule has 6 heteroatoms. The second-order valence-corrected chi connectivity index (χ2v) is 4.98. The van der Waals surface area contributed by atoms with E-state index < -0.39 is 0 Å². The topological polar surface area (TPSA) is 56.5 Å². The van der Waals surface area contributed by atoms with Gasteiger partial charge in [-0.15, -0.1) is 0 Å². The molecule has 0 fully saturated rings. The van der Waals surface area contributed by atoms with Gasteiger partial charge in [0.1, 0.15) is 18.1 Å². The fraction of sp³-hybridized carbons (Fsp3) is 0.400. The molecule has 2 rings (SSSR count). The molecule has 0 amide bonds. The first-order valence-corrected chi connectivity index (χ1v) is 7.09. The fourth-order valence-electron chi connectivity index (χ4n) is 2.07. The van der Waals surface area contributed by atoms with Crippen molar-refractivity contribution in [2.45, 2.75) is 26.6 Å². The van der Waals surface area contributed by atoms with Crippen LogP contribution in [-0.4, -0.2) is 22.0 Å². The summed E-state index contributed by atoms with van der Waals surface area (Å²) in [5, 5.41) is 14.4. The standard InChI is InChI=1S/C15H19ClN2O3/c1-4-12-15(16)13(18(2)17-12)9-21-14-6-5-11(20-3)7-10(14)8-19/h5-7,19H,4,8-9H2,1-3H3. The lowest BCUT2D eigenvalue weighted by molar-refractivity contribution is 0.254. The minimum Gasteiger partial charge on any atom is -0.497 e. The van der Waals surface area contributed by atoms with E-state index in [0.29, 0.717) is 28.7 Å². The Balaban J connectivity index is 2.18. The van der Waals surface area contributed by atoms with Crippen LogP contribution in [0, 0.1) is 0 Å². The lowest BCUT2D eigenvalue weighted by Crippen LogP contribution is -2.05. The first-order valence-electron chi connectivity index (χ1n) is 6.71. The molecule has 0 bridgehead atoms. The van der Waals surface area contributed by atoms with Crippen LogP contribution in [0.15, 0.2) is 18.2 Å². The van der Waals surface area contributed by atoms with Crippen LogP contribution in [0.4, 0.5) is 0 Å². The molecule has 1 aromatic heterocycles. The SMILES string of the molecule is CCc1nn(C)c(COc2ccc(OC)cc2CO)c1Cl. The van der Waals surface area contributed by atoms with E-state index in [0.717, 1.165) is 17.8 Å². The first-order chi connectivity index (χ1) is 10.1. The molecule has 1 heterocycles. The molecule has 2 aromatic rings. The lowest BCUT2D eigenvalue weighted by Gasteiger charge is -2.12. The van der Waals surface area contributed by atoms with E-state index >= 15 is 0 Å². The molecule has 1 N–H and O–H groups in total. The van der Waals surface area contributed by atoms with E-state index in [1.165, 1.54) is 0 Å². The van der Waals surface area contributed by atoms with Gasteiger partial charge >= 0.3 is 0 Å². The van der Waals surface area contributed by atoms with Crippen LogP contribution in [0.2, 0.25) is 5.02 Å². The van der Waals surface area contributed by atoms with Gasteiger partial charge in [-0.25, -0.2) is 0 Å². The van der Waals surface area contributed by atoms with Crippen molar-refractivity contribution in [2.24, 2.45) is 7.05 Å². The van der Waals surface area contributed by atoms with Gasteiger partial charge in [-0.1, -0.05) is 18.5 Å². The van der Waals surface area contributed by atoms with Crippen molar-refractivity contribution in [3.63, 3.8) is 0 Å². The molecule has 0 radical (unpaired) electrons. The van der Waals surface area contributed by atoms with Gasteiger partial charge in [-0.05, 0) is 24.6 Å². The van der Waals surface area contributed by atoms with Gasteiger partial charge in [-0.3, -0.25) is 4.68 Å². The average Bonchev–Trinajstić information content (AvgIpc) is 2.79. The van der Waals surface area contributed by atoms with E-state index in [-0.39, 0.29) is 6.61 Å². The minimum atomic E-state index is -0.119. The van der Waals surface area contributed by atoms with Gasteiger partial charge in [0.15, 0.2) is 0 Å². The lowest BCUT2D eigenvalue weighted by atomic mass is 10.2. The smallest absolute Gasteiger partial charge is 0.131 e. The summed E-state index contributed by atoms with van der Waals surface area (Å²) in [5.41, 5.74) is 2.34. The van der Waals surface area contributed by atoms with E-state index in [1.54, 1.807) is 30.0 Å². The molecular weight excluding hydrogens is 292 g/mol. The van der Waals surface area contributed by atoms with Crippen molar-refractivity contribution in [3.8, 4) is 11.5 Å². The van der Waals surface area contributed by atoms with E-state index in [2.05, 4.69) is 5.10 Å². The van der Waals surface area contributed by atoms with Gasteiger partial charge in [0.2, 0.25) is 0 Å². The molecule has 21 heavy (non-hydrogen) atoms. The van der Waals surface area contributed by atoms with E-state index in [4.69, 9.17) is 21.1 Å². The van der Waals surface area contributed by atoms with Crippen LogP contribution in [0.3, 0.4) is 0 Å². The number of methoxy groups -OCH3 is 1. The van der Waals surface area contributed by atoms with Gasteiger partial charge < -0.3 is 14.6 Å². The molecule has 0 saturated carbocycles. The monoisotopic (exact) mass is 310 g/mol. The zero-order valence-corrected chi connectivity index (χ0v) is 13.1. The molecule has 0 unspecified atom stereocenters. The number of hydrogen-bond acceptors (Lipinski definition) is 4. The highest BCUT2D eigenvalue weighted by Gasteiger charge is 2.14. The largest absolute Gasteiger partial charge is 0.497 e.